The van der Waals surface area contributed by atoms with Gasteiger partial charge in [0.1, 0.15) is 0 Å². The SMILES string of the molecule is C=CCc1cc(C)ccc1CC.CC.CCc1ccc(C)cc1.[U]. The first-order valence-corrected chi connectivity index (χ1v) is 8.85. The van der Waals surface area contributed by atoms with E-state index in [0.29, 0.717) is 0 Å². The van der Waals surface area contributed by atoms with E-state index in [1.165, 1.54) is 27.8 Å². The molecule has 2 rings (SSSR count). The average molecular weight is 549 g/mol. The van der Waals surface area contributed by atoms with Gasteiger partial charge in [-0.05, 0) is 49.8 Å². The van der Waals surface area contributed by atoms with Gasteiger partial charge in [-0.3, -0.25) is 0 Å². The van der Waals surface area contributed by atoms with Gasteiger partial charge in [-0.25, -0.2) is 0 Å². The summed E-state index contributed by atoms with van der Waals surface area (Å²) in [5.74, 6) is 0. The maximum Gasteiger partial charge on any atom is 0 e. The molecule has 0 bridgehead atoms. The molecule has 0 aliphatic rings. The maximum atomic E-state index is 3.76. The molecule has 0 nitrogen and oxygen atoms in total. The van der Waals surface area contributed by atoms with Crippen LogP contribution in [0, 0.1) is 45.0 Å². The van der Waals surface area contributed by atoms with Crippen LogP contribution in [0.15, 0.2) is 55.1 Å². The van der Waals surface area contributed by atoms with E-state index in [0.717, 1.165) is 19.3 Å². The maximum absolute atomic E-state index is 3.76. The molecule has 2 aromatic carbocycles. The molecule has 0 saturated carbocycles. The van der Waals surface area contributed by atoms with E-state index in [9.17, 15) is 0 Å². The van der Waals surface area contributed by atoms with Crippen molar-refractivity contribution in [3.05, 3.63) is 82.9 Å². The van der Waals surface area contributed by atoms with Crippen LogP contribution in [0.25, 0.3) is 0 Å². The van der Waals surface area contributed by atoms with Crippen LogP contribution in [0.3, 0.4) is 0 Å². The Balaban J connectivity index is 0. The summed E-state index contributed by atoms with van der Waals surface area (Å²) in [4.78, 5) is 0. The predicted molar refractivity (Wildman–Crippen MR) is 106 cm³/mol. The van der Waals surface area contributed by atoms with Crippen molar-refractivity contribution in [2.75, 3.05) is 0 Å². The van der Waals surface area contributed by atoms with Gasteiger partial charge in [-0.15, -0.1) is 6.58 Å². The first kappa shape index (κ1) is 25.5. The summed E-state index contributed by atoms with van der Waals surface area (Å²) < 4.78 is 0. The van der Waals surface area contributed by atoms with Crippen LogP contribution in [0.2, 0.25) is 0 Å². The molecule has 0 unspecified atom stereocenters. The Kier molecular flexibility index (Phi) is 16.7. The number of aryl methyl sites for hydroxylation is 4. The zero-order valence-electron chi connectivity index (χ0n) is 16.4. The molecule has 2 aromatic rings. The third-order valence-corrected chi connectivity index (χ3v) is 3.64. The fraction of sp³-hybridized carbons (Fsp3) is 0.391. The molecular formula is C23H34U. The fourth-order valence-corrected chi connectivity index (χ4v) is 2.27. The van der Waals surface area contributed by atoms with E-state index in [1.807, 2.05) is 19.9 Å². The first-order valence-electron chi connectivity index (χ1n) is 8.85. The number of rotatable bonds is 4. The molecule has 0 amide bonds. The monoisotopic (exact) mass is 548 g/mol. The molecular weight excluding hydrogens is 514 g/mol. The van der Waals surface area contributed by atoms with Gasteiger partial charge >= 0.3 is 0 Å². The van der Waals surface area contributed by atoms with Crippen molar-refractivity contribution in [1.29, 1.82) is 0 Å². The first-order chi connectivity index (χ1) is 11.1. The summed E-state index contributed by atoms with van der Waals surface area (Å²) in [7, 11) is 0. The molecule has 0 heterocycles. The van der Waals surface area contributed by atoms with Crippen molar-refractivity contribution < 1.29 is 31.1 Å². The van der Waals surface area contributed by atoms with Crippen LogP contribution in [0.4, 0.5) is 0 Å². The predicted octanol–water partition coefficient (Wildman–Crippen LogP) is 6.87. The van der Waals surface area contributed by atoms with Crippen LogP contribution in [-0.2, 0) is 19.3 Å². The zero-order valence-corrected chi connectivity index (χ0v) is 20.6. The second-order valence-corrected chi connectivity index (χ2v) is 5.46. The van der Waals surface area contributed by atoms with Gasteiger partial charge in [0.2, 0.25) is 0 Å². The second-order valence-electron chi connectivity index (χ2n) is 5.46. The molecule has 0 atom stereocenters. The Morgan fingerprint density at radius 1 is 0.792 bits per heavy atom. The molecule has 24 heavy (non-hydrogen) atoms. The summed E-state index contributed by atoms with van der Waals surface area (Å²) in [6.07, 6.45) is 5.21. The molecule has 0 aliphatic heterocycles. The minimum Gasteiger partial charge on any atom is -0.103 e. The number of hydrogen-bond acceptors (Lipinski definition) is 0. The molecule has 0 saturated heterocycles. The molecule has 0 aromatic heterocycles. The Morgan fingerprint density at radius 3 is 1.79 bits per heavy atom. The minimum atomic E-state index is 0. The van der Waals surface area contributed by atoms with Crippen molar-refractivity contribution >= 4 is 0 Å². The van der Waals surface area contributed by atoms with Crippen molar-refractivity contribution in [3.8, 4) is 0 Å². The van der Waals surface area contributed by atoms with Crippen LogP contribution in [0.5, 0.6) is 0 Å². The molecule has 0 N–H and O–H groups in total. The minimum absolute atomic E-state index is 0. The van der Waals surface area contributed by atoms with Crippen molar-refractivity contribution in [1.82, 2.24) is 0 Å². The van der Waals surface area contributed by atoms with Crippen LogP contribution < -0.4 is 0 Å². The number of hydrogen-bond donors (Lipinski definition) is 0. The van der Waals surface area contributed by atoms with E-state index in [1.54, 1.807) is 0 Å². The van der Waals surface area contributed by atoms with Gasteiger partial charge in [0.15, 0.2) is 0 Å². The Labute approximate surface area is 174 Å². The quantitative estimate of drug-likeness (QED) is 0.366. The molecule has 0 aliphatic carbocycles. The van der Waals surface area contributed by atoms with Crippen LogP contribution >= 0.6 is 0 Å². The normalized spacial score (nSPS) is 8.75. The summed E-state index contributed by atoms with van der Waals surface area (Å²) >= 11 is 0. The van der Waals surface area contributed by atoms with E-state index in [2.05, 4.69) is 76.7 Å². The standard InChI is InChI=1S/C12H16.C9H12.C2H6.U/c1-4-6-12-9-10(3)7-8-11(12)5-2;1-3-9-6-4-8(2)5-7-9;1-2;/h4,7-9H,1,5-6H2,2-3H3;4-7H,3H2,1-2H3;1-2H3;. The van der Waals surface area contributed by atoms with Crippen molar-refractivity contribution in [3.63, 3.8) is 0 Å². The Hall–Kier alpha value is -0.768. The van der Waals surface area contributed by atoms with Crippen molar-refractivity contribution in [2.24, 2.45) is 0 Å². The third-order valence-electron chi connectivity index (χ3n) is 3.64. The van der Waals surface area contributed by atoms with Gasteiger partial charge in [-0.1, -0.05) is 87.4 Å². The van der Waals surface area contributed by atoms with Crippen molar-refractivity contribution in [2.45, 2.75) is 60.8 Å². The largest absolute Gasteiger partial charge is 0.103 e. The van der Waals surface area contributed by atoms with E-state index < -0.39 is 0 Å². The average Bonchev–Trinajstić information content (AvgIpc) is 2.59. The summed E-state index contributed by atoms with van der Waals surface area (Å²) in [5, 5.41) is 0. The van der Waals surface area contributed by atoms with Gasteiger partial charge in [0.05, 0.1) is 0 Å². The summed E-state index contributed by atoms with van der Waals surface area (Å²) in [6, 6.07) is 15.3. The van der Waals surface area contributed by atoms with E-state index in [4.69, 9.17) is 0 Å². The third kappa shape index (κ3) is 10.2. The summed E-state index contributed by atoms with van der Waals surface area (Å²) in [5.41, 5.74) is 6.96. The van der Waals surface area contributed by atoms with Gasteiger partial charge < -0.3 is 0 Å². The van der Waals surface area contributed by atoms with Gasteiger partial charge in [0, 0.05) is 31.1 Å². The van der Waals surface area contributed by atoms with Crippen LogP contribution in [-0.4, -0.2) is 0 Å². The van der Waals surface area contributed by atoms with Gasteiger partial charge in [-0.2, -0.15) is 0 Å². The second kappa shape index (κ2) is 15.7. The number of allylic oxidation sites excluding steroid dienone is 1. The summed E-state index contributed by atoms with van der Waals surface area (Å²) in [6.45, 7) is 16.4. The molecule has 0 radical (unpaired) electrons. The molecule has 0 spiro atoms. The molecule has 130 valence electrons. The zero-order chi connectivity index (χ0) is 17.7. The van der Waals surface area contributed by atoms with E-state index in [-0.39, 0.29) is 31.1 Å². The fourth-order valence-electron chi connectivity index (χ4n) is 2.27. The smallest absolute Gasteiger partial charge is 0 e. The molecule has 0 fully saturated rings. The topological polar surface area (TPSA) is 0 Å². The Bertz CT molecular complexity index is 553. The van der Waals surface area contributed by atoms with Gasteiger partial charge in [0.25, 0.3) is 0 Å². The number of benzene rings is 2. The van der Waals surface area contributed by atoms with E-state index >= 15 is 0 Å². The molecule has 1 heteroatoms. The van der Waals surface area contributed by atoms with Crippen LogP contribution in [0.1, 0.15) is 55.5 Å². The Morgan fingerprint density at radius 2 is 1.33 bits per heavy atom.